The number of hydrogen-bond donors (Lipinski definition) is 2. The van der Waals surface area contributed by atoms with E-state index in [0.29, 0.717) is 0 Å². The zero-order valence-electron chi connectivity index (χ0n) is 9.74. The summed E-state index contributed by atoms with van der Waals surface area (Å²) in [6.45, 7) is 0. The summed E-state index contributed by atoms with van der Waals surface area (Å²) in [6.07, 6.45) is 0.866. The highest BCUT2D eigenvalue weighted by molar-refractivity contribution is 9.10. The zero-order valence-corrected chi connectivity index (χ0v) is 12.9. The molecule has 4 heteroatoms. The van der Waals surface area contributed by atoms with Crippen molar-refractivity contribution in [3.05, 3.63) is 68.6 Å². The van der Waals surface area contributed by atoms with Crippen LogP contribution in [0.2, 0.25) is 0 Å². The number of nitrogens with one attached hydrogen (secondary N) is 1. The number of rotatable bonds is 4. The van der Waals surface area contributed by atoms with Crippen LogP contribution in [0.5, 0.6) is 0 Å². The lowest BCUT2D eigenvalue weighted by Gasteiger charge is -2.16. The van der Waals surface area contributed by atoms with Gasteiger partial charge in [-0.2, -0.15) is 0 Å². The molecule has 3 N–H and O–H groups in total. The van der Waals surface area contributed by atoms with Gasteiger partial charge >= 0.3 is 0 Å². The molecule has 0 saturated carbocycles. The molecule has 1 unspecified atom stereocenters. The van der Waals surface area contributed by atoms with Crippen molar-refractivity contribution in [2.24, 2.45) is 5.84 Å². The van der Waals surface area contributed by atoms with Gasteiger partial charge in [-0.25, -0.2) is 0 Å². The van der Waals surface area contributed by atoms with Crippen LogP contribution >= 0.6 is 31.9 Å². The van der Waals surface area contributed by atoms with Crippen LogP contribution < -0.4 is 11.3 Å². The molecule has 2 aromatic rings. The van der Waals surface area contributed by atoms with Crippen LogP contribution in [0.4, 0.5) is 0 Å². The Morgan fingerprint density at radius 3 is 1.89 bits per heavy atom. The minimum absolute atomic E-state index is 0.124. The van der Waals surface area contributed by atoms with Crippen molar-refractivity contribution in [3.63, 3.8) is 0 Å². The summed E-state index contributed by atoms with van der Waals surface area (Å²) in [4.78, 5) is 0. The molecule has 0 heterocycles. The molecule has 0 fully saturated rings. The third-order valence-electron chi connectivity index (χ3n) is 2.83. The first-order valence-corrected chi connectivity index (χ1v) is 7.23. The van der Waals surface area contributed by atoms with E-state index >= 15 is 0 Å². The monoisotopic (exact) mass is 368 g/mol. The molecule has 0 aliphatic carbocycles. The van der Waals surface area contributed by atoms with Gasteiger partial charge in [0.15, 0.2) is 0 Å². The third-order valence-corrected chi connectivity index (χ3v) is 3.88. The van der Waals surface area contributed by atoms with E-state index in [1.807, 2.05) is 24.3 Å². The van der Waals surface area contributed by atoms with Gasteiger partial charge in [-0.05, 0) is 41.8 Å². The lowest BCUT2D eigenvalue weighted by Crippen LogP contribution is -2.29. The highest BCUT2D eigenvalue weighted by Gasteiger charge is 2.10. The van der Waals surface area contributed by atoms with Crippen LogP contribution in [0.3, 0.4) is 0 Å². The van der Waals surface area contributed by atoms with Crippen LogP contribution in [0.15, 0.2) is 57.5 Å². The van der Waals surface area contributed by atoms with Gasteiger partial charge in [-0.1, -0.05) is 56.1 Å². The number of hydrazine groups is 1. The first-order chi connectivity index (χ1) is 8.69. The van der Waals surface area contributed by atoms with Crippen LogP contribution in [-0.4, -0.2) is 0 Å². The summed E-state index contributed by atoms with van der Waals surface area (Å²) >= 11 is 6.87. The maximum Gasteiger partial charge on any atom is 0.0500 e. The van der Waals surface area contributed by atoms with E-state index < -0.39 is 0 Å². The molecule has 18 heavy (non-hydrogen) atoms. The second kappa shape index (κ2) is 6.48. The van der Waals surface area contributed by atoms with Gasteiger partial charge in [0, 0.05) is 15.0 Å². The Morgan fingerprint density at radius 2 is 1.39 bits per heavy atom. The number of nitrogens with two attached hydrogens (primary N) is 1. The van der Waals surface area contributed by atoms with Crippen molar-refractivity contribution < 1.29 is 0 Å². The summed E-state index contributed by atoms with van der Waals surface area (Å²) < 4.78 is 2.16. The molecule has 2 aromatic carbocycles. The Balaban J connectivity index is 2.14. The third kappa shape index (κ3) is 3.65. The number of hydrogen-bond acceptors (Lipinski definition) is 2. The molecule has 0 spiro atoms. The van der Waals surface area contributed by atoms with E-state index in [9.17, 15) is 0 Å². The minimum atomic E-state index is 0.124. The van der Waals surface area contributed by atoms with Crippen molar-refractivity contribution in [3.8, 4) is 0 Å². The van der Waals surface area contributed by atoms with Gasteiger partial charge in [0.1, 0.15) is 0 Å². The molecule has 2 rings (SSSR count). The fourth-order valence-electron chi connectivity index (χ4n) is 1.82. The molecule has 94 valence electrons. The van der Waals surface area contributed by atoms with E-state index in [1.165, 1.54) is 11.1 Å². The SMILES string of the molecule is NNC(Cc1ccc(Br)cc1)c1ccc(Br)cc1. The minimum Gasteiger partial charge on any atom is -0.271 e. The van der Waals surface area contributed by atoms with E-state index in [2.05, 4.69) is 61.6 Å². The van der Waals surface area contributed by atoms with Gasteiger partial charge in [0.05, 0.1) is 0 Å². The van der Waals surface area contributed by atoms with Gasteiger partial charge in [0.25, 0.3) is 0 Å². The van der Waals surface area contributed by atoms with Crippen molar-refractivity contribution in [1.29, 1.82) is 0 Å². The van der Waals surface area contributed by atoms with Crippen LogP contribution in [0.25, 0.3) is 0 Å². The molecule has 0 saturated heterocycles. The summed E-state index contributed by atoms with van der Waals surface area (Å²) in [7, 11) is 0. The summed E-state index contributed by atoms with van der Waals surface area (Å²) in [5.74, 6) is 5.65. The van der Waals surface area contributed by atoms with Crippen LogP contribution in [-0.2, 0) is 6.42 Å². The van der Waals surface area contributed by atoms with Crippen molar-refractivity contribution >= 4 is 31.9 Å². The maximum atomic E-state index is 5.65. The average Bonchev–Trinajstić information content (AvgIpc) is 2.39. The fraction of sp³-hybridized carbons (Fsp3) is 0.143. The second-order valence-corrected chi connectivity index (χ2v) is 5.93. The topological polar surface area (TPSA) is 38.0 Å². The standard InChI is InChI=1S/C14H14Br2N2/c15-12-5-1-10(2-6-12)9-14(18-17)11-3-7-13(16)8-4-11/h1-8,14,18H,9,17H2. The molecule has 0 aliphatic rings. The molecular weight excluding hydrogens is 356 g/mol. The van der Waals surface area contributed by atoms with Crippen LogP contribution in [0, 0.1) is 0 Å². The smallest absolute Gasteiger partial charge is 0.0500 e. The van der Waals surface area contributed by atoms with Gasteiger partial charge in [-0.3, -0.25) is 11.3 Å². The molecule has 2 nitrogen and oxygen atoms in total. The predicted octanol–water partition coefficient (Wildman–Crippen LogP) is 3.96. The Kier molecular flexibility index (Phi) is 4.95. The first-order valence-electron chi connectivity index (χ1n) is 5.65. The molecular formula is C14H14Br2N2. The predicted molar refractivity (Wildman–Crippen MR) is 82.1 cm³/mol. The highest BCUT2D eigenvalue weighted by Crippen LogP contribution is 2.21. The van der Waals surface area contributed by atoms with Gasteiger partial charge < -0.3 is 0 Å². The molecule has 1 atom stereocenters. The van der Waals surface area contributed by atoms with Gasteiger partial charge in [0.2, 0.25) is 0 Å². The lowest BCUT2D eigenvalue weighted by atomic mass is 10.00. The maximum absolute atomic E-state index is 5.65. The average molecular weight is 370 g/mol. The summed E-state index contributed by atoms with van der Waals surface area (Å²) in [5, 5.41) is 0. The largest absolute Gasteiger partial charge is 0.271 e. The van der Waals surface area contributed by atoms with Crippen LogP contribution in [0.1, 0.15) is 17.2 Å². The first kappa shape index (κ1) is 13.7. The quantitative estimate of drug-likeness (QED) is 0.632. The Hall–Kier alpha value is -0.680. The van der Waals surface area contributed by atoms with E-state index in [0.717, 1.165) is 15.4 Å². The summed E-state index contributed by atoms with van der Waals surface area (Å²) in [6, 6.07) is 16.6. The van der Waals surface area contributed by atoms with E-state index in [1.54, 1.807) is 0 Å². The normalized spacial score (nSPS) is 12.4. The highest BCUT2D eigenvalue weighted by atomic mass is 79.9. The molecule has 0 amide bonds. The summed E-state index contributed by atoms with van der Waals surface area (Å²) in [5.41, 5.74) is 5.31. The number of benzene rings is 2. The Bertz CT molecular complexity index is 494. The van der Waals surface area contributed by atoms with Gasteiger partial charge in [-0.15, -0.1) is 0 Å². The van der Waals surface area contributed by atoms with Crippen molar-refractivity contribution in [2.45, 2.75) is 12.5 Å². The van der Waals surface area contributed by atoms with E-state index in [4.69, 9.17) is 5.84 Å². The van der Waals surface area contributed by atoms with Crippen molar-refractivity contribution in [2.75, 3.05) is 0 Å². The lowest BCUT2D eigenvalue weighted by molar-refractivity contribution is 0.552. The van der Waals surface area contributed by atoms with E-state index in [-0.39, 0.29) is 6.04 Å². The number of halogens is 2. The molecule has 0 bridgehead atoms. The molecule has 0 aromatic heterocycles. The zero-order chi connectivity index (χ0) is 13.0. The Morgan fingerprint density at radius 1 is 0.889 bits per heavy atom. The Labute approximate surface area is 124 Å². The molecule has 0 radical (unpaired) electrons. The molecule has 0 aliphatic heterocycles. The van der Waals surface area contributed by atoms with Crippen molar-refractivity contribution in [1.82, 2.24) is 5.43 Å². The fourth-order valence-corrected chi connectivity index (χ4v) is 2.35. The second-order valence-electron chi connectivity index (χ2n) is 4.10.